The van der Waals surface area contributed by atoms with Crippen LogP contribution in [0.5, 0.6) is 5.75 Å². The van der Waals surface area contributed by atoms with Gasteiger partial charge in [-0.05, 0) is 43.5 Å². The largest absolute Gasteiger partial charge is 0.497 e. The number of rotatable bonds is 4. The topological polar surface area (TPSA) is 68.5 Å². The summed E-state index contributed by atoms with van der Waals surface area (Å²) in [5.74, 6) is 1.89. The summed E-state index contributed by atoms with van der Waals surface area (Å²) in [6.45, 7) is 6.57. The molecule has 1 fully saturated rings. The Morgan fingerprint density at radius 1 is 1.38 bits per heavy atom. The van der Waals surface area contributed by atoms with E-state index in [9.17, 15) is 4.79 Å². The van der Waals surface area contributed by atoms with Crippen LogP contribution in [-0.2, 0) is 4.79 Å². The maximum absolute atomic E-state index is 12.4. The molecule has 1 atom stereocenters. The maximum Gasteiger partial charge on any atom is 0.249 e. The summed E-state index contributed by atoms with van der Waals surface area (Å²) in [4.78, 5) is 18.8. The quantitative estimate of drug-likeness (QED) is 0.860. The maximum atomic E-state index is 12.4. The number of hydrogen-bond acceptors (Lipinski definition) is 5. The van der Waals surface area contributed by atoms with E-state index in [4.69, 9.17) is 9.26 Å². The van der Waals surface area contributed by atoms with Crippen molar-refractivity contribution in [1.29, 1.82) is 0 Å². The molecule has 1 unspecified atom stereocenters. The Morgan fingerprint density at radius 3 is 2.88 bits per heavy atom. The second-order valence-corrected chi connectivity index (χ2v) is 6.54. The summed E-state index contributed by atoms with van der Waals surface area (Å²) in [5, 5.41) is 4.11. The van der Waals surface area contributed by atoms with Crippen LogP contribution in [0.1, 0.15) is 44.2 Å². The predicted octanol–water partition coefficient (Wildman–Crippen LogP) is 3.37. The number of ether oxygens (including phenoxy) is 1. The van der Waals surface area contributed by atoms with Crippen molar-refractivity contribution < 1.29 is 14.1 Å². The minimum Gasteiger partial charge on any atom is -0.497 e. The van der Waals surface area contributed by atoms with Gasteiger partial charge in [-0.15, -0.1) is 0 Å². The minimum atomic E-state index is -0.118. The van der Waals surface area contributed by atoms with Crippen LogP contribution in [0.3, 0.4) is 0 Å². The molecule has 6 nitrogen and oxygen atoms in total. The average Bonchev–Trinajstić information content (AvgIpc) is 3.22. The molecule has 1 saturated heterocycles. The molecule has 1 aliphatic heterocycles. The predicted molar refractivity (Wildman–Crippen MR) is 89.5 cm³/mol. The zero-order valence-electron chi connectivity index (χ0n) is 14.6. The van der Waals surface area contributed by atoms with Gasteiger partial charge >= 0.3 is 0 Å². The highest BCUT2D eigenvalue weighted by Crippen LogP contribution is 2.33. The third-order valence-corrected chi connectivity index (χ3v) is 4.30. The normalized spacial score (nSPS) is 17.5. The molecule has 1 aromatic heterocycles. The molecule has 0 aliphatic carbocycles. The van der Waals surface area contributed by atoms with Gasteiger partial charge in [0.1, 0.15) is 11.8 Å². The number of aryl methyl sites for hydroxylation is 1. The number of amides is 1. The van der Waals surface area contributed by atoms with Gasteiger partial charge in [0.15, 0.2) is 0 Å². The molecule has 3 rings (SSSR count). The van der Waals surface area contributed by atoms with Gasteiger partial charge in [-0.1, -0.05) is 19.0 Å². The molecule has 2 aromatic rings. The Balaban J connectivity index is 1.88. The van der Waals surface area contributed by atoms with E-state index < -0.39 is 0 Å². The van der Waals surface area contributed by atoms with Crippen LogP contribution in [-0.4, -0.2) is 34.6 Å². The second-order valence-electron chi connectivity index (χ2n) is 6.54. The molecule has 0 radical (unpaired) electrons. The van der Waals surface area contributed by atoms with Crippen LogP contribution in [0, 0.1) is 12.8 Å². The monoisotopic (exact) mass is 329 g/mol. The number of hydrogen-bond donors (Lipinski definition) is 0. The van der Waals surface area contributed by atoms with Crippen molar-refractivity contribution in [2.45, 2.75) is 39.7 Å². The van der Waals surface area contributed by atoms with E-state index in [1.54, 1.807) is 7.11 Å². The number of carbonyl (C=O) groups is 1. The highest BCUT2D eigenvalue weighted by atomic mass is 16.5. The van der Waals surface area contributed by atoms with Crippen LogP contribution in [0.2, 0.25) is 0 Å². The summed E-state index contributed by atoms with van der Waals surface area (Å²) in [7, 11) is 1.63. The Kier molecular flexibility index (Phi) is 4.55. The fourth-order valence-corrected chi connectivity index (χ4v) is 3.10. The van der Waals surface area contributed by atoms with Crippen molar-refractivity contribution in [2.75, 3.05) is 13.7 Å². The fraction of sp³-hybridized carbons (Fsp3) is 0.500. The molecule has 1 amide bonds. The lowest BCUT2D eigenvalue weighted by molar-refractivity contribution is -0.135. The average molecular weight is 329 g/mol. The van der Waals surface area contributed by atoms with Crippen molar-refractivity contribution in [3.63, 3.8) is 0 Å². The Hall–Kier alpha value is -2.37. The Bertz CT molecular complexity index is 739. The summed E-state index contributed by atoms with van der Waals surface area (Å²) in [6, 6.07) is 5.70. The van der Waals surface area contributed by atoms with E-state index in [-0.39, 0.29) is 17.9 Å². The van der Waals surface area contributed by atoms with Crippen molar-refractivity contribution >= 4 is 5.91 Å². The lowest BCUT2D eigenvalue weighted by Gasteiger charge is -2.23. The first-order chi connectivity index (χ1) is 11.5. The van der Waals surface area contributed by atoms with E-state index in [0.717, 1.165) is 36.3 Å². The van der Waals surface area contributed by atoms with Gasteiger partial charge in [0.05, 0.1) is 7.11 Å². The number of nitrogens with zero attached hydrogens (tertiary/aromatic N) is 3. The second kappa shape index (κ2) is 6.63. The van der Waals surface area contributed by atoms with Crippen molar-refractivity contribution in [3.05, 3.63) is 29.7 Å². The van der Waals surface area contributed by atoms with Gasteiger partial charge < -0.3 is 14.2 Å². The molecule has 0 bridgehead atoms. The van der Waals surface area contributed by atoms with Gasteiger partial charge in [-0.3, -0.25) is 4.79 Å². The van der Waals surface area contributed by atoms with E-state index in [1.165, 1.54) is 0 Å². The molecule has 0 saturated carbocycles. The van der Waals surface area contributed by atoms with Crippen LogP contribution in [0.15, 0.2) is 22.7 Å². The molecule has 0 spiro atoms. The molecule has 0 N–H and O–H groups in total. The summed E-state index contributed by atoms with van der Waals surface area (Å²) in [5.41, 5.74) is 1.91. The van der Waals surface area contributed by atoms with Crippen LogP contribution in [0.25, 0.3) is 11.4 Å². The van der Waals surface area contributed by atoms with E-state index in [1.807, 2.05) is 43.9 Å². The Morgan fingerprint density at radius 2 is 2.17 bits per heavy atom. The summed E-state index contributed by atoms with van der Waals surface area (Å²) in [6.07, 6.45) is 1.82. The van der Waals surface area contributed by atoms with Crippen molar-refractivity contribution in [3.8, 4) is 17.1 Å². The highest BCUT2D eigenvalue weighted by molar-refractivity contribution is 5.78. The highest BCUT2D eigenvalue weighted by Gasteiger charge is 2.34. The zero-order valence-corrected chi connectivity index (χ0v) is 14.6. The number of likely N-dealkylation sites (tertiary alicyclic amines) is 1. The van der Waals surface area contributed by atoms with Gasteiger partial charge in [0.25, 0.3) is 0 Å². The smallest absolute Gasteiger partial charge is 0.249 e. The molecule has 6 heteroatoms. The van der Waals surface area contributed by atoms with Gasteiger partial charge in [0.2, 0.25) is 17.6 Å². The standard InChI is InChI=1S/C18H23N3O3/c1-11(2)18(22)21-7-5-6-15(21)17-19-16(20-24-17)13-8-12(3)9-14(10-13)23-4/h8-11,15H,5-7H2,1-4H3. The molecule has 2 heterocycles. The molecular weight excluding hydrogens is 306 g/mol. The summed E-state index contributed by atoms with van der Waals surface area (Å²) >= 11 is 0. The fourth-order valence-electron chi connectivity index (χ4n) is 3.10. The molecule has 24 heavy (non-hydrogen) atoms. The third kappa shape index (κ3) is 3.13. The first-order valence-electron chi connectivity index (χ1n) is 8.29. The van der Waals surface area contributed by atoms with Gasteiger partial charge in [-0.25, -0.2) is 0 Å². The third-order valence-electron chi connectivity index (χ3n) is 4.30. The van der Waals surface area contributed by atoms with Crippen molar-refractivity contribution in [2.24, 2.45) is 5.92 Å². The molecule has 128 valence electrons. The lowest BCUT2D eigenvalue weighted by atomic mass is 10.1. The number of methoxy groups -OCH3 is 1. The van der Waals surface area contributed by atoms with Crippen molar-refractivity contribution in [1.82, 2.24) is 15.0 Å². The SMILES string of the molecule is COc1cc(C)cc(-c2noc(C3CCCN3C(=O)C(C)C)n2)c1. The van der Waals surface area contributed by atoms with Gasteiger partial charge in [-0.2, -0.15) is 4.98 Å². The van der Waals surface area contributed by atoms with Gasteiger partial charge in [0, 0.05) is 18.0 Å². The molecule has 1 aliphatic rings. The van der Waals surface area contributed by atoms with E-state index >= 15 is 0 Å². The van der Waals surface area contributed by atoms with Crippen LogP contribution >= 0.6 is 0 Å². The first kappa shape index (κ1) is 16.5. The van der Waals surface area contributed by atoms with E-state index in [2.05, 4.69) is 10.1 Å². The zero-order chi connectivity index (χ0) is 17.3. The van der Waals surface area contributed by atoms with Crippen LogP contribution < -0.4 is 4.74 Å². The number of benzene rings is 1. The molecule has 1 aromatic carbocycles. The minimum absolute atomic E-state index is 0.0333. The number of aromatic nitrogens is 2. The Labute approximate surface area is 141 Å². The van der Waals surface area contributed by atoms with Crippen LogP contribution in [0.4, 0.5) is 0 Å². The molecular formula is C18H23N3O3. The lowest BCUT2D eigenvalue weighted by Crippen LogP contribution is -2.33. The van der Waals surface area contributed by atoms with E-state index in [0.29, 0.717) is 11.7 Å². The summed E-state index contributed by atoms with van der Waals surface area (Å²) < 4.78 is 10.8. The first-order valence-corrected chi connectivity index (χ1v) is 8.29. The number of carbonyl (C=O) groups excluding carboxylic acids is 1.